The molecule has 0 aliphatic rings. The highest BCUT2D eigenvalue weighted by Gasteiger charge is 2.30. The fourth-order valence-electron chi connectivity index (χ4n) is 2.14. The van der Waals surface area contributed by atoms with Crippen LogP contribution in [0.5, 0.6) is 0 Å². The topological polar surface area (TPSA) is 56.2 Å². The zero-order valence-electron chi connectivity index (χ0n) is 10.8. The maximum absolute atomic E-state index is 12.6. The van der Waals surface area contributed by atoms with Crippen molar-refractivity contribution in [1.29, 1.82) is 0 Å². The molecule has 108 valence electrons. The van der Waals surface area contributed by atoms with Gasteiger partial charge in [-0.3, -0.25) is 4.40 Å². The van der Waals surface area contributed by atoms with Gasteiger partial charge in [-0.1, -0.05) is 12.1 Å². The molecule has 3 aromatic rings. The summed E-state index contributed by atoms with van der Waals surface area (Å²) in [6.45, 7) is 0.209. The Labute approximate surface area is 118 Å². The minimum atomic E-state index is -4.35. The molecule has 0 fully saturated rings. The molecule has 2 N–H and O–H groups in total. The maximum Gasteiger partial charge on any atom is 0.416 e. The van der Waals surface area contributed by atoms with Crippen LogP contribution in [0.4, 0.5) is 13.2 Å². The van der Waals surface area contributed by atoms with Crippen molar-refractivity contribution < 1.29 is 13.2 Å². The number of halogens is 3. The third-order valence-corrected chi connectivity index (χ3v) is 3.14. The van der Waals surface area contributed by atoms with Crippen molar-refractivity contribution in [1.82, 2.24) is 14.4 Å². The van der Waals surface area contributed by atoms with Crippen molar-refractivity contribution in [2.75, 3.05) is 0 Å². The quantitative estimate of drug-likeness (QED) is 0.790. The second-order valence-electron chi connectivity index (χ2n) is 4.47. The van der Waals surface area contributed by atoms with Crippen LogP contribution in [0.3, 0.4) is 0 Å². The van der Waals surface area contributed by atoms with Gasteiger partial charge in [0.25, 0.3) is 0 Å². The summed E-state index contributed by atoms with van der Waals surface area (Å²) in [7, 11) is 0. The van der Waals surface area contributed by atoms with Gasteiger partial charge in [0.1, 0.15) is 5.82 Å². The van der Waals surface area contributed by atoms with Gasteiger partial charge in [-0.15, -0.1) is 0 Å². The summed E-state index contributed by atoms with van der Waals surface area (Å²) in [4.78, 5) is 8.56. The highest BCUT2D eigenvalue weighted by molar-refractivity contribution is 5.63. The van der Waals surface area contributed by atoms with Gasteiger partial charge in [0, 0.05) is 24.5 Å². The number of benzene rings is 1. The van der Waals surface area contributed by atoms with E-state index in [1.165, 1.54) is 12.1 Å². The fraction of sp³-hybridized carbons (Fsp3) is 0.143. The molecule has 0 saturated carbocycles. The molecule has 21 heavy (non-hydrogen) atoms. The van der Waals surface area contributed by atoms with E-state index in [0.717, 1.165) is 12.1 Å². The van der Waals surface area contributed by atoms with Crippen LogP contribution in [0.25, 0.3) is 17.0 Å². The number of hydrogen-bond donors (Lipinski definition) is 1. The number of nitrogens with two attached hydrogens (primary N) is 1. The van der Waals surface area contributed by atoms with Crippen molar-refractivity contribution in [2.45, 2.75) is 12.7 Å². The number of rotatable bonds is 2. The van der Waals surface area contributed by atoms with E-state index in [-0.39, 0.29) is 6.54 Å². The van der Waals surface area contributed by atoms with Crippen LogP contribution in [0, 0.1) is 0 Å². The zero-order chi connectivity index (χ0) is 15.0. The Kier molecular flexibility index (Phi) is 3.13. The largest absolute Gasteiger partial charge is 0.416 e. The molecule has 0 unspecified atom stereocenters. The molecule has 0 amide bonds. The van der Waals surface area contributed by atoms with Crippen molar-refractivity contribution in [3.05, 3.63) is 54.0 Å². The lowest BCUT2D eigenvalue weighted by Gasteiger charge is -2.07. The van der Waals surface area contributed by atoms with Crippen LogP contribution < -0.4 is 5.73 Å². The summed E-state index contributed by atoms with van der Waals surface area (Å²) >= 11 is 0. The van der Waals surface area contributed by atoms with Crippen LogP contribution in [-0.4, -0.2) is 14.4 Å². The Morgan fingerprint density at radius 1 is 1.14 bits per heavy atom. The Morgan fingerprint density at radius 2 is 1.86 bits per heavy atom. The molecule has 0 radical (unpaired) electrons. The molecule has 0 aliphatic carbocycles. The molecule has 3 rings (SSSR count). The second kappa shape index (κ2) is 4.85. The van der Waals surface area contributed by atoms with E-state index in [9.17, 15) is 13.2 Å². The predicted molar refractivity (Wildman–Crippen MR) is 71.3 cm³/mol. The number of imidazole rings is 1. The highest BCUT2D eigenvalue weighted by Crippen LogP contribution is 2.31. The molecule has 0 saturated heterocycles. The van der Waals surface area contributed by atoms with Gasteiger partial charge < -0.3 is 5.73 Å². The molecular formula is C14H11F3N4. The molecule has 7 heteroatoms. The van der Waals surface area contributed by atoms with Crippen molar-refractivity contribution in [2.24, 2.45) is 5.73 Å². The first-order chi connectivity index (χ1) is 10.0. The van der Waals surface area contributed by atoms with Crippen molar-refractivity contribution >= 4 is 5.65 Å². The molecular weight excluding hydrogens is 281 g/mol. The summed E-state index contributed by atoms with van der Waals surface area (Å²) in [5.74, 6) is 0.521. The highest BCUT2D eigenvalue weighted by atomic mass is 19.4. The van der Waals surface area contributed by atoms with Crippen LogP contribution >= 0.6 is 0 Å². The minimum Gasteiger partial charge on any atom is -0.325 e. The summed E-state index contributed by atoms with van der Waals surface area (Å²) in [5.41, 5.74) is 6.72. The van der Waals surface area contributed by atoms with Crippen LogP contribution in [0.2, 0.25) is 0 Å². The lowest BCUT2D eigenvalue weighted by Crippen LogP contribution is -2.04. The van der Waals surface area contributed by atoms with Gasteiger partial charge in [0.05, 0.1) is 11.3 Å². The lowest BCUT2D eigenvalue weighted by atomic mass is 10.1. The summed E-state index contributed by atoms with van der Waals surface area (Å²) < 4.78 is 39.5. The molecule has 2 aromatic heterocycles. The van der Waals surface area contributed by atoms with E-state index in [4.69, 9.17) is 5.73 Å². The van der Waals surface area contributed by atoms with E-state index >= 15 is 0 Å². The number of aromatic nitrogens is 3. The van der Waals surface area contributed by atoms with Crippen LogP contribution in [-0.2, 0) is 12.7 Å². The molecule has 2 heterocycles. The van der Waals surface area contributed by atoms with E-state index in [1.807, 2.05) is 0 Å². The molecule has 1 aromatic carbocycles. The van der Waals surface area contributed by atoms with Crippen LogP contribution in [0.15, 0.2) is 42.7 Å². The molecule has 4 nitrogen and oxygen atoms in total. The number of nitrogens with zero attached hydrogens (tertiary/aromatic N) is 3. The summed E-state index contributed by atoms with van der Waals surface area (Å²) in [6, 6.07) is 6.59. The van der Waals surface area contributed by atoms with E-state index < -0.39 is 11.7 Å². The van der Waals surface area contributed by atoms with Gasteiger partial charge in [-0.05, 0) is 18.2 Å². The Hall–Kier alpha value is -2.41. The number of alkyl halides is 3. The summed E-state index contributed by atoms with van der Waals surface area (Å²) in [6.07, 6.45) is -0.981. The minimum absolute atomic E-state index is 0.209. The normalized spacial score (nSPS) is 12.0. The molecule has 0 aliphatic heterocycles. The lowest BCUT2D eigenvalue weighted by molar-refractivity contribution is -0.137. The third-order valence-electron chi connectivity index (χ3n) is 3.14. The monoisotopic (exact) mass is 292 g/mol. The number of hydrogen-bond acceptors (Lipinski definition) is 3. The van der Waals surface area contributed by atoms with Gasteiger partial charge >= 0.3 is 6.18 Å². The molecule has 0 spiro atoms. The van der Waals surface area contributed by atoms with Gasteiger partial charge in [0.2, 0.25) is 0 Å². The molecule has 0 atom stereocenters. The van der Waals surface area contributed by atoms with Crippen LogP contribution in [0.1, 0.15) is 11.3 Å². The smallest absolute Gasteiger partial charge is 0.325 e. The Balaban J connectivity index is 2.12. The first-order valence-corrected chi connectivity index (χ1v) is 6.20. The zero-order valence-corrected chi connectivity index (χ0v) is 10.8. The SMILES string of the molecule is NCc1nc(-c2ccc(C(F)(F)F)cc2)n2cccnc12. The standard InChI is InChI=1S/C14H11F3N4/c15-14(16,17)10-4-2-9(3-5-10)12-20-11(8-18)13-19-6-1-7-21(12)13/h1-7H,8,18H2. The van der Waals surface area contributed by atoms with Crippen molar-refractivity contribution in [3.63, 3.8) is 0 Å². The average molecular weight is 292 g/mol. The van der Waals surface area contributed by atoms with E-state index in [0.29, 0.717) is 22.7 Å². The van der Waals surface area contributed by atoms with E-state index in [2.05, 4.69) is 9.97 Å². The first-order valence-electron chi connectivity index (χ1n) is 6.20. The fourth-order valence-corrected chi connectivity index (χ4v) is 2.14. The summed E-state index contributed by atoms with van der Waals surface area (Å²) in [5, 5.41) is 0. The number of fused-ring (bicyclic) bond motifs is 1. The van der Waals surface area contributed by atoms with Gasteiger partial charge in [-0.25, -0.2) is 9.97 Å². The third kappa shape index (κ3) is 2.36. The van der Waals surface area contributed by atoms with Crippen molar-refractivity contribution in [3.8, 4) is 11.4 Å². The molecule has 0 bridgehead atoms. The second-order valence-corrected chi connectivity index (χ2v) is 4.47. The maximum atomic E-state index is 12.6. The Morgan fingerprint density at radius 3 is 2.48 bits per heavy atom. The first kappa shape index (κ1) is 13.6. The van der Waals surface area contributed by atoms with E-state index in [1.54, 1.807) is 22.9 Å². The Bertz CT molecular complexity index is 775. The predicted octanol–water partition coefficient (Wildman–Crippen LogP) is 2.87. The van der Waals surface area contributed by atoms with Gasteiger partial charge in [0.15, 0.2) is 5.65 Å². The van der Waals surface area contributed by atoms with Gasteiger partial charge in [-0.2, -0.15) is 13.2 Å². The average Bonchev–Trinajstić information content (AvgIpc) is 2.85.